The molecule has 6 heteroatoms. The number of nitrogen functional groups attached to an aromatic ring is 1. The maximum Gasteiger partial charge on any atom is 0.164 e. The zero-order chi connectivity index (χ0) is 14.2. The molecule has 1 fully saturated rings. The number of fused-ring (bicyclic) bond motifs is 1. The highest BCUT2D eigenvalue weighted by atomic mass is 32.1. The first-order valence-electron chi connectivity index (χ1n) is 6.99. The Kier molecular flexibility index (Phi) is 3.62. The van der Waals surface area contributed by atoms with Crippen LogP contribution in [-0.2, 0) is 10.3 Å². The number of nitrogens with two attached hydrogens (primary N) is 1. The van der Waals surface area contributed by atoms with E-state index in [2.05, 4.69) is 23.4 Å². The van der Waals surface area contributed by atoms with Crippen molar-refractivity contribution >= 4 is 27.4 Å². The van der Waals surface area contributed by atoms with Crippen LogP contribution in [0.15, 0.2) is 6.07 Å². The van der Waals surface area contributed by atoms with Crippen molar-refractivity contribution in [3.63, 3.8) is 0 Å². The van der Waals surface area contributed by atoms with Crippen molar-refractivity contribution in [2.75, 3.05) is 12.5 Å². The smallest absolute Gasteiger partial charge is 0.164 e. The van der Waals surface area contributed by atoms with Crippen LogP contribution in [0.25, 0.3) is 10.2 Å². The molecule has 5 nitrogen and oxygen atoms in total. The number of ether oxygens (including phenoxy) is 1. The van der Waals surface area contributed by atoms with Gasteiger partial charge >= 0.3 is 0 Å². The second-order valence-corrected chi connectivity index (χ2v) is 6.61. The summed E-state index contributed by atoms with van der Waals surface area (Å²) < 4.78 is 5.83. The molecule has 0 atom stereocenters. The van der Waals surface area contributed by atoms with E-state index in [0.717, 1.165) is 41.7 Å². The lowest BCUT2D eigenvalue weighted by molar-refractivity contribution is -0.0511. The Morgan fingerprint density at radius 3 is 2.70 bits per heavy atom. The fraction of sp³-hybridized carbons (Fsp3) is 0.571. The molecule has 20 heavy (non-hydrogen) atoms. The highest BCUT2D eigenvalue weighted by Crippen LogP contribution is 2.40. The van der Waals surface area contributed by atoms with Gasteiger partial charge in [0.2, 0.25) is 0 Å². The van der Waals surface area contributed by atoms with Gasteiger partial charge in [-0.15, -0.1) is 11.3 Å². The molecule has 3 rings (SSSR count). The molecule has 2 heterocycles. The van der Waals surface area contributed by atoms with E-state index in [9.17, 15) is 0 Å². The van der Waals surface area contributed by atoms with E-state index in [4.69, 9.17) is 15.6 Å². The van der Waals surface area contributed by atoms with Crippen LogP contribution < -0.4 is 11.3 Å². The summed E-state index contributed by atoms with van der Waals surface area (Å²) in [4.78, 5) is 11.6. The van der Waals surface area contributed by atoms with Gasteiger partial charge in [0.25, 0.3) is 0 Å². The first-order chi connectivity index (χ1) is 9.68. The van der Waals surface area contributed by atoms with Crippen molar-refractivity contribution in [3.05, 3.63) is 16.8 Å². The largest absolute Gasteiger partial charge is 0.370 e. The Balaban J connectivity index is 2.14. The minimum atomic E-state index is -0.351. The van der Waals surface area contributed by atoms with Crippen molar-refractivity contribution in [2.45, 2.75) is 44.6 Å². The normalized spacial score (nSPS) is 18.4. The van der Waals surface area contributed by atoms with Crippen LogP contribution in [0.3, 0.4) is 0 Å². The first kappa shape index (κ1) is 13.7. The number of aryl methyl sites for hydroxylation is 1. The highest BCUT2D eigenvalue weighted by Gasteiger charge is 2.37. The first-order valence-corrected chi connectivity index (χ1v) is 7.80. The molecule has 1 saturated carbocycles. The van der Waals surface area contributed by atoms with E-state index < -0.39 is 0 Å². The van der Waals surface area contributed by atoms with Crippen molar-refractivity contribution in [2.24, 2.45) is 5.84 Å². The molecule has 0 amide bonds. The number of hydrogen-bond acceptors (Lipinski definition) is 6. The number of rotatable bonds is 3. The standard InChI is InChI=1S/C14H20N4OS/c1-9-8-10-11(18-15)16-13(17-12(10)20-9)14(19-2)6-4-3-5-7-14/h8H,3-7,15H2,1-2H3,(H,16,17,18). The lowest BCUT2D eigenvalue weighted by atomic mass is 9.84. The Bertz CT molecular complexity index is 619. The summed E-state index contributed by atoms with van der Waals surface area (Å²) in [5.74, 6) is 7.09. The van der Waals surface area contributed by atoms with Crippen molar-refractivity contribution in [3.8, 4) is 0 Å². The van der Waals surface area contributed by atoms with Crippen LogP contribution in [-0.4, -0.2) is 17.1 Å². The molecule has 3 N–H and O–H groups in total. The van der Waals surface area contributed by atoms with Gasteiger partial charge in [-0.05, 0) is 25.8 Å². The molecule has 1 aliphatic carbocycles. The number of nitrogens with one attached hydrogen (secondary N) is 1. The molecule has 0 aliphatic heterocycles. The quantitative estimate of drug-likeness (QED) is 0.672. The molecule has 2 aromatic rings. The molecule has 0 aromatic carbocycles. The number of nitrogens with zero attached hydrogens (tertiary/aromatic N) is 2. The second kappa shape index (κ2) is 5.27. The van der Waals surface area contributed by atoms with Gasteiger partial charge in [-0.1, -0.05) is 19.3 Å². The number of hydrogen-bond donors (Lipinski definition) is 2. The second-order valence-electron chi connectivity index (χ2n) is 5.38. The number of hydrazine groups is 1. The third-order valence-corrected chi connectivity index (χ3v) is 5.06. The molecule has 1 aliphatic rings. The van der Waals surface area contributed by atoms with E-state index >= 15 is 0 Å². The maximum absolute atomic E-state index is 5.83. The highest BCUT2D eigenvalue weighted by molar-refractivity contribution is 7.18. The fourth-order valence-corrected chi connectivity index (χ4v) is 3.88. The van der Waals surface area contributed by atoms with Gasteiger partial charge in [0.15, 0.2) is 11.6 Å². The van der Waals surface area contributed by atoms with Gasteiger partial charge in [-0.25, -0.2) is 15.8 Å². The van der Waals surface area contributed by atoms with Gasteiger partial charge in [-0.3, -0.25) is 0 Å². The summed E-state index contributed by atoms with van der Waals surface area (Å²) in [6.07, 6.45) is 5.52. The molecule has 0 spiro atoms. The zero-order valence-electron chi connectivity index (χ0n) is 11.9. The van der Waals surface area contributed by atoms with Crippen LogP contribution in [0.2, 0.25) is 0 Å². The molecular formula is C14H20N4OS. The maximum atomic E-state index is 5.83. The number of anilines is 1. The third kappa shape index (κ3) is 2.17. The topological polar surface area (TPSA) is 73.1 Å². The fourth-order valence-electron chi connectivity index (χ4n) is 3.00. The molecule has 2 aromatic heterocycles. The summed E-state index contributed by atoms with van der Waals surface area (Å²) in [6.45, 7) is 2.07. The lowest BCUT2D eigenvalue weighted by Crippen LogP contribution is -2.33. The minimum Gasteiger partial charge on any atom is -0.370 e. The average molecular weight is 292 g/mol. The van der Waals surface area contributed by atoms with Crippen molar-refractivity contribution in [1.29, 1.82) is 0 Å². The van der Waals surface area contributed by atoms with E-state index in [-0.39, 0.29) is 5.60 Å². The van der Waals surface area contributed by atoms with Crippen molar-refractivity contribution < 1.29 is 4.74 Å². The Morgan fingerprint density at radius 2 is 2.05 bits per heavy atom. The zero-order valence-corrected chi connectivity index (χ0v) is 12.7. The number of methoxy groups -OCH3 is 1. The number of aromatic nitrogens is 2. The Hall–Kier alpha value is -1.24. The SMILES string of the molecule is COC1(c2nc(NN)c3cc(C)sc3n2)CCCCC1. The summed E-state index contributed by atoms with van der Waals surface area (Å²) in [7, 11) is 1.76. The molecule has 0 saturated heterocycles. The average Bonchev–Trinajstić information content (AvgIpc) is 2.87. The van der Waals surface area contributed by atoms with E-state index in [1.54, 1.807) is 18.4 Å². The van der Waals surface area contributed by atoms with Gasteiger partial charge in [-0.2, -0.15) is 0 Å². The summed E-state index contributed by atoms with van der Waals surface area (Å²) in [5.41, 5.74) is 2.35. The van der Waals surface area contributed by atoms with Gasteiger partial charge in [0, 0.05) is 12.0 Å². The minimum absolute atomic E-state index is 0.351. The van der Waals surface area contributed by atoms with Gasteiger partial charge in [0.05, 0.1) is 5.39 Å². The summed E-state index contributed by atoms with van der Waals surface area (Å²) >= 11 is 1.67. The molecule has 108 valence electrons. The lowest BCUT2D eigenvalue weighted by Gasteiger charge is -2.34. The predicted molar refractivity (Wildman–Crippen MR) is 81.7 cm³/mol. The van der Waals surface area contributed by atoms with Crippen LogP contribution in [0.1, 0.15) is 42.8 Å². The molecule has 0 unspecified atom stereocenters. The van der Waals surface area contributed by atoms with Crippen molar-refractivity contribution in [1.82, 2.24) is 9.97 Å². The molecular weight excluding hydrogens is 272 g/mol. The van der Waals surface area contributed by atoms with Crippen LogP contribution >= 0.6 is 11.3 Å². The molecule has 0 bridgehead atoms. The summed E-state index contributed by atoms with van der Waals surface area (Å²) in [5, 5.41) is 0.987. The number of thiophene rings is 1. The predicted octanol–water partition coefficient (Wildman–Crippen LogP) is 3.09. The Morgan fingerprint density at radius 1 is 1.30 bits per heavy atom. The van der Waals surface area contributed by atoms with Crippen LogP contribution in [0.4, 0.5) is 5.82 Å². The van der Waals surface area contributed by atoms with Crippen LogP contribution in [0, 0.1) is 6.92 Å². The van der Waals surface area contributed by atoms with E-state index in [0.29, 0.717) is 5.82 Å². The molecule has 0 radical (unpaired) electrons. The van der Waals surface area contributed by atoms with E-state index in [1.807, 2.05) is 0 Å². The van der Waals surface area contributed by atoms with Crippen LogP contribution in [0.5, 0.6) is 0 Å². The van der Waals surface area contributed by atoms with Gasteiger partial charge in [0.1, 0.15) is 10.4 Å². The van der Waals surface area contributed by atoms with Gasteiger partial charge < -0.3 is 10.2 Å². The third-order valence-electron chi connectivity index (χ3n) is 4.11. The Labute approximate surface area is 122 Å². The summed E-state index contributed by atoms with van der Waals surface area (Å²) in [6, 6.07) is 2.07. The monoisotopic (exact) mass is 292 g/mol. The van der Waals surface area contributed by atoms with E-state index in [1.165, 1.54) is 11.3 Å².